The summed E-state index contributed by atoms with van der Waals surface area (Å²) in [6, 6.07) is 1.53. The van der Waals surface area contributed by atoms with Gasteiger partial charge in [-0.25, -0.2) is 0 Å². The second-order valence-corrected chi connectivity index (χ2v) is 8.44. The number of nitrogens with zero attached hydrogens (tertiary/aromatic N) is 3. The number of hydrogen-bond donors (Lipinski definition) is 1. The van der Waals surface area contributed by atoms with Gasteiger partial charge in [0.15, 0.2) is 0 Å². The highest BCUT2D eigenvalue weighted by Crippen LogP contribution is 2.61. The highest BCUT2D eigenvalue weighted by atomic mass is 16.6. The van der Waals surface area contributed by atoms with Crippen molar-refractivity contribution in [2.75, 3.05) is 0 Å². The Labute approximate surface area is 147 Å². The van der Waals surface area contributed by atoms with Gasteiger partial charge >= 0.3 is 5.82 Å². The van der Waals surface area contributed by atoms with Gasteiger partial charge in [0.05, 0.1) is 17.4 Å². The SMILES string of the molecule is CCC(NC(=O)Cn1ccc([N+](=O)[O-])n1)C12CC3CC(CC(C3)C1)C2. The zero-order chi connectivity index (χ0) is 17.6. The number of rotatable bonds is 6. The van der Waals surface area contributed by atoms with E-state index in [-0.39, 0.29) is 29.7 Å². The lowest BCUT2D eigenvalue weighted by atomic mass is 9.47. The Morgan fingerprint density at radius 1 is 1.36 bits per heavy atom. The predicted octanol–water partition coefficient (Wildman–Crippen LogP) is 2.90. The summed E-state index contributed by atoms with van der Waals surface area (Å²) in [5.74, 6) is 2.24. The lowest BCUT2D eigenvalue weighted by Gasteiger charge is -2.59. The van der Waals surface area contributed by atoms with E-state index < -0.39 is 4.92 Å². The molecule has 0 radical (unpaired) electrons. The van der Waals surface area contributed by atoms with Gasteiger partial charge in [-0.2, -0.15) is 4.68 Å². The molecule has 4 aliphatic rings. The number of nitrogens with one attached hydrogen (secondary N) is 1. The minimum atomic E-state index is -0.543. The molecule has 0 spiro atoms. The summed E-state index contributed by atoms with van der Waals surface area (Å²) in [5, 5.41) is 17.8. The van der Waals surface area contributed by atoms with Crippen LogP contribution >= 0.6 is 0 Å². The second-order valence-electron chi connectivity index (χ2n) is 8.44. The van der Waals surface area contributed by atoms with Crippen molar-refractivity contribution in [2.24, 2.45) is 23.2 Å². The summed E-state index contributed by atoms with van der Waals surface area (Å²) in [5.41, 5.74) is 0.273. The maximum atomic E-state index is 12.5. The molecule has 1 aromatic heterocycles. The molecule has 0 aromatic carbocycles. The van der Waals surface area contributed by atoms with Crippen molar-refractivity contribution in [3.8, 4) is 0 Å². The first-order valence-electron chi connectivity index (χ1n) is 9.44. The third-order valence-corrected chi connectivity index (χ3v) is 6.69. The van der Waals surface area contributed by atoms with Crippen molar-refractivity contribution in [2.45, 2.75) is 64.5 Å². The molecular weight excluding hydrogens is 320 g/mol. The predicted molar refractivity (Wildman–Crippen MR) is 91.7 cm³/mol. The molecular formula is C18H26N4O3. The third kappa shape index (κ3) is 3.04. The van der Waals surface area contributed by atoms with E-state index in [4.69, 9.17) is 0 Å². The van der Waals surface area contributed by atoms with Crippen molar-refractivity contribution >= 4 is 11.7 Å². The summed E-state index contributed by atoms with van der Waals surface area (Å²) in [6.07, 6.45) is 10.4. The fraction of sp³-hybridized carbons (Fsp3) is 0.778. The van der Waals surface area contributed by atoms with Gasteiger partial charge in [-0.05, 0) is 73.0 Å². The Bertz CT molecular complexity index is 648. The molecule has 7 heteroatoms. The van der Waals surface area contributed by atoms with E-state index in [9.17, 15) is 14.9 Å². The largest absolute Gasteiger partial charge is 0.389 e. The first-order chi connectivity index (χ1) is 12.0. The summed E-state index contributed by atoms with van der Waals surface area (Å²) in [4.78, 5) is 22.7. The van der Waals surface area contributed by atoms with Crippen LogP contribution < -0.4 is 5.32 Å². The van der Waals surface area contributed by atoms with Crippen LogP contribution in [-0.2, 0) is 11.3 Å². The molecule has 25 heavy (non-hydrogen) atoms. The van der Waals surface area contributed by atoms with E-state index in [1.54, 1.807) is 0 Å². The van der Waals surface area contributed by atoms with Crippen LogP contribution in [-0.4, -0.2) is 26.7 Å². The number of amides is 1. The van der Waals surface area contributed by atoms with Gasteiger partial charge < -0.3 is 15.4 Å². The van der Waals surface area contributed by atoms with Crippen LogP contribution in [0, 0.1) is 33.3 Å². The molecule has 0 aliphatic heterocycles. The number of hydrogen-bond acceptors (Lipinski definition) is 4. The highest BCUT2D eigenvalue weighted by molar-refractivity contribution is 5.76. The Morgan fingerprint density at radius 2 is 1.96 bits per heavy atom. The van der Waals surface area contributed by atoms with Crippen LogP contribution in [0.1, 0.15) is 51.9 Å². The summed E-state index contributed by atoms with van der Waals surface area (Å²) in [7, 11) is 0. The Kier molecular flexibility index (Phi) is 4.04. The Morgan fingerprint density at radius 3 is 2.44 bits per heavy atom. The molecule has 4 bridgehead atoms. The normalized spacial score (nSPS) is 34.0. The van der Waals surface area contributed by atoms with Crippen LogP contribution in [0.25, 0.3) is 0 Å². The standard InChI is InChI=1S/C18H26N4O3/c1-2-15(18-8-12-5-13(9-18)7-14(6-12)10-18)19-17(23)11-21-4-3-16(20-21)22(24)25/h3-4,12-15H,2,5-11H2,1H3,(H,19,23). The molecule has 1 aromatic rings. The van der Waals surface area contributed by atoms with Crippen LogP contribution in [0.15, 0.2) is 12.3 Å². The quantitative estimate of drug-likeness (QED) is 0.633. The van der Waals surface area contributed by atoms with Crippen molar-refractivity contribution < 1.29 is 9.72 Å². The molecule has 1 N–H and O–H groups in total. The Balaban J connectivity index is 1.43. The smallest absolute Gasteiger partial charge is 0.358 e. The zero-order valence-electron chi connectivity index (χ0n) is 14.7. The van der Waals surface area contributed by atoms with Gasteiger partial charge in [-0.15, -0.1) is 0 Å². The van der Waals surface area contributed by atoms with E-state index in [1.807, 2.05) is 0 Å². The lowest BCUT2D eigenvalue weighted by Crippen LogP contribution is -2.57. The van der Waals surface area contributed by atoms with Gasteiger partial charge in [0, 0.05) is 6.04 Å². The van der Waals surface area contributed by atoms with E-state index in [0.717, 1.165) is 24.2 Å². The van der Waals surface area contributed by atoms with Crippen molar-refractivity contribution in [1.82, 2.24) is 15.1 Å². The molecule has 1 heterocycles. The maximum Gasteiger partial charge on any atom is 0.389 e. The number of nitro groups is 1. The van der Waals surface area contributed by atoms with Crippen LogP contribution in [0.4, 0.5) is 5.82 Å². The first-order valence-corrected chi connectivity index (χ1v) is 9.44. The molecule has 1 atom stereocenters. The van der Waals surface area contributed by atoms with Gasteiger partial charge in [0.1, 0.15) is 6.54 Å². The van der Waals surface area contributed by atoms with Gasteiger partial charge in [-0.3, -0.25) is 4.79 Å². The molecule has 5 rings (SSSR count). The molecule has 4 saturated carbocycles. The lowest BCUT2D eigenvalue weighted by molar-refractivity contribution is -0.389. The fourth-order valence-corrected chi connectivity index (χ4v) is 6.22. The van der Waals surface area contributed by atoms with E-state index in [2.05, 4.69) is 17.3 Å². The van der Waals surface area contributed by atoms with Crippen LogP contribution in [0.3, 0.4) is 0 Å². The molecule has 1 amide bonds. The first kappa shape index (κ1) is 16.5. The average molecular weight is 346 g/mol. The number of carbonyl (C=O) groups is 1. The second kappa shape index (κ2) is 6.11. The molecule has 7 nitrogen and oxygen atoms in total. The van der Waals surface area contributed by atoms with Gasteiger partial charge in [0.25, 0.3) is 0 Å². The van der Waals surface area contributed by atoms with Crippen molar-refractivity contribution in [1.29, 1.82) is 0 Å². The van der Waals surface area contributed by atoms with Crippen molar-refractivity contribution in [3.05, 3.63) is 22.4 Å². The molecule has 4 fully saturated rings. The topological polar surface area (TPSA) is 90.1 Å². The van der Waals surface area contributed by atoms with Gasteiger partial charge in [0.2, 0.25) is 5.91 Å². The highest BCUT2D eigenvalue weighted by Gasteiger charge is 2.54. The number of aromatic nitrogens is 2. The molecule has 1 unspecified atom stereocenters. The Hall–Kier alpha value is -1.92. The third-order valence-electron chi connectivity index (χ3n) is 6.69. The van der Waals surface area contributed by atoms with E-state index in [1.165, 1.54) is 55.5 Å². The van der Waals surface area contributed by atoms with Crippen LogP contribution in [0.5, 0.6) is 0 Å². The zero-order valence-corrected chi connectivity index (χ0v) is 14.7. The van der Waals surface area contributed by atoms with Crippen molar-refractivity contribution in [3.63, 3.8) is 0 Å². The van der Waals surface area contributed by atoms with E-state index >= 15 is 0 Å². The molecule has 136 valence electrons. The minimum Gasteiger partial charge on any atom is -0.358 e. The summed E-state index contributed by atoms with van der Waals surface area (Å²) < 4.78 is 1.35. The van der Waals surface area contributed by atoms with Crippen LogP contribution in [0.2, 0.25) is 0 Å². The fourth-order valence-electron chi connectivity index (χ4n) is 6.22. The monoisotopic (exact) mass is 346 g/mol. The van der Waals surface area contributed by atoms with Gasteiger partial charge in [-0.1, -0.05) is 6.92 Å². The molecule has 4 aliphatic carbocycles. The maximum absolute atomic E-state index is 12.5. The number of carbonyl (C=O) groups excluding carboxylic acids is 1. The summed E-state index contributed by atoms with van der Waals surface area (Å²) >= 11 is 0. The average Bonchev–Trinajstić information content (AvgIpc) is 3.00. The minimum absolute atomic E-state index is 0.0384. The molecule has 0 saturated heterocycles. The van der Waals surface area contributed by atoms with E-state index in [0.29, 0.717) is 0 Å². The summed E-state index contributed by atoms with van der Waals surface area (Å²) in [6.45, 7) is 2.19.